The van der Waals surface area contributed by atoms with Crippen LogP contribution >= 0.6 is 11.8 Å². The van der Waals surface area contributed by atoms with Gasteiger partial charge in [-0.1, -0.05) is 60.3 Å². The van der Waals surface area contributed by atoms with E-state index in [9.17, 15) is 4.79 Å². The van der Waals surface area contributed by atoms with Gasteiger partial charge in [0.15, 0.2) is 11.0 Å². The molecule has 0 spiro atoms. The molecule has 2 heterocycles. The number of carbonyl (C=O) groups is 1. The molecule has 0 aliphatic carbocycles. The average Bonchev–Trinajstić information content (AvgIpc) is 3.53. The minimum Gasteiger partial charge on any atom is -0.497 e. The minimum atomic E-state index is -0.395. The highest BCUT2D eigenvalue weighted by atomic mass is 32.2. The smallest absolute Gasteiger partial charge is 0.225 e. The van der Waals surface area contributed by atoms with Gasteiger partial charge in [0.25, 0.3) is 0 Å². The molecule has 0 fully saturated rings. The van der Waals surface area contributed by atoms with Crippen molar-refractivity contribution >= 4 is 28.6 Å². The number of H-pyrrole nitrogens is 1. The fourth-order valence-electron chi connectivity index (χ4n) is 4.92. The summed E-state index contributed by atoms with van der Waals surface area (Å²) in [4.78, 5) is 19.2. The average molecular weight is 569 g/mol. The molecule has 1 unspecified atom stereocenters. The number of rotatable bonds is 12. The molecule has 0 radical (unpaired) electrons. The number of nitrogens with one attached hydrogen (secondary N) is 2. The van der Waals surface area contributed by atoms with E-state index in [1.807, 2.05) is 67.6 Å². The van der Waals surface area contributed by atoms with Gasteiger partial charge in [0.05, 0.1) is 19.6 Å². The van der Waals surface area contributed by atoms with Crippen LogP contribution in [0.5, 0.6) is 5.75 Å². The van der Waals surface area contributed by atoms with Crippen molar-refractivity contribution in [1.29, 1.82) is 0 Å². The van der Waals surface area contributed by atoms with Crippen molar-refractivity contribution in [1.82, 2.24) is 30.0 Å². The van der Waals surface area contributed by atoms with Gasteiger partial charge >= 0.3 is 0 Å². The number of carbonyl (C=O) groups excluding carboxylic acids is 1. The van der Waals surface area contributed by atoms with Gasteiger partial charge in [-0.3, -0.25) is 9.36 Å². The number of ether oxygens (including phenoxy) is 1. The maximum atomic E-state index is 13.7. The fourth-order valence-corrected chi connectivity index (χ4v) is 5.98. The number of para-hydroxylation sites is 1. The van der Waals surface area contributed by atoms with Gasteiger partial charge in [0.2, 0.25) is 5.91 Å². The molecular weight excluding hydrogens is 532 g/mol. The summed E-state index contributed by atoms with van der Waals surface area (Å²) in [7, 11) is 5.77. The van der Waals surface area contributed by atoms with Gasteiger partial charge in [-0.15, -0.1) is 10.2 Å². The van der Waals surface area contributed by atoms with E-state index in [0.29, 0.717) is 12.2 Å². The molecule has 5 aromatic rings. The number of aromatic nitrogens is 4. The summed E-state index contributed by atoms with van der Waals surface area (Å²) in [6, 6.07) is 25.7. The summed E-state index contributed by atoms with van der Waals surface area (Å²) < 4.78 is 7.46. The van der Waals surface area contributed by atoms with E-state index in [-0.39, 0.29) is 12.3 Å². The molecule has 212 valence electrons. The van der Waals surface area contributed by atoms with E-state index in [0.717, 1.165) is 56.6 Å². The molecule has 0 aliphatic rings. The number of hydrogen-bond acceptors (Lipinski definition) is 6. The number of fused-ring (bicyclic) bond motifs is 1. The molecule has 9 heteroatoms. The Morgan fingerprint density at radius 1 is 1.02 bits per heavy atom. The van der Waals surface area contributed by atoms with Crippen molar-refractivity contribution in [2.75, 3.05) is 33.5 Å². The number of aryl methyl sites for hydroxylation is 1. The fraction of sp³-hybridized carbons (Fsp3) is 0.281. The summed E-state index contributed by atoms with van der Waals surface area (Å²) in [5, 5.41) is 14.4. The molecule has 3 aromatic carbocycles. The van der Waals surface area contributed by atoms with E-state index >= 15 is 0 Å². The van der Waals surface area contributed by atoms with Crippen LogP contribution in [0.25, 0.3) is 16.6 Å². The third-order valence-electron chi connectivity index (χ3n) is 7.05. The third-order valence-corrected chi connectivity index (χ3v) is 7.96. The molecule has 0 aliphatic heterocycles. The Labute approximate surface area is 245 Å². The Balaban J connectivity index is 1.50. The van der Waals surface area contributed by atoms with Crippen LogP contribution in [0.3, 0.4) is 0 Å². The van der Waals surface area contributed by atoms with Crippen LogP contribution in [0, 0.1) is 6.92 Å². The lowest BCUT2D eigenvalue weighted by molar-refractivity contribution is -0.121. The number of aromatic amines is 1. The first kappa shape index (κ1) is 28.4. The van der Waals surface area contributed by atoms with Crippen LogP contribution in [-0.4, -0.2) is 64.1 Å². The van der Waals surface area contributed by atoms with E-state index in [1.54, 1.807) is 18.9 Å². The zero-order chi connectivity index (χ0) is 28.8. The first-order chi connectivity index (χ1) is 19.9. The molecule has 1 atom stereocenters. The summed E-state index contributed by atoms with van der Waals surface area (Å²) in [5.74, 6) is 2.25. The second kappa shape index (κ2) is 13.1. The summed E-state index contributed by atoms with van der Waals surface area (Å²) >= 11 is 1.65. The molecule has 8 nitrogen and oxygen atoms in total. The minimum absolute atomic E-state index is 0.0649. The second-order valence-electron chi connectivity index (χ2n) is 10.3. The molecule has 0 saturated heterocycles. The van der Waals surface area contributed by atoms with Crippen LogP contribution in [0.4, 0.5) is 0 Å². The molecule has 0 bridgehead atoms. The summed E-state index contributed by atoms with van der Waals surface area (Å²) in [6.07, 6.45) is 0.846. The third kappa shape index (κ3) is 6.81. The largest absolute Gasteiger partial charge is 0.497 e. The van der Waals surface area contributed by atoms with E-state index < -0.39 is 6.04 Å². The molecule has 1 amide bonds. The van der Waals surface area contributed by atoms with Crippen molar-refractivity contribution in [2.24, 2.45) is 0 Å². The monoisotopic (exact) mass is 568 g/mol. The van der Waals surface area contributed by atoms with Crippen molar-refractivity contribution in [2.45, 2.75) is 31.0 Å². The number of benzene rings is 3. The van der Waals surface area contributed by atoms with Crippen LogP contribution in [-0.2, 0) is 17.6 Å². The van der Waals surface area contributed by atoms with Crippen molar-refractivity contribution in [3.63, 3.8) is 0 Å². The number of thioether (sulfide) groups is 1. The Morgan fingerprint density at radius 3 is 2.49 bits per heavy atom. The SMILES string of the molecule is COc1ccc(-n2c(SCCN(C)C)nnc2C(Cc2ccccc2)NC(=O)Cc2c(C)[nH]c3ccccc23)cc1. The Kier molecular flexibility index (Phi) is 9.06. The molecule has 5 rings (SSSR count). The number of amides is 1. The predicted molar refractivity (Wildman–Crippen MR) is 165 cm³/mol. The first-order valence-electron chi connectivity index (χ1n) is 13.7. The van der Waals surface area contributed by atoms with E-state index in [4.69, 9.17) is 4.74 Å². The molecule has 2 N–H and O–H groups in total. The second-order valence-corrected chi connectivity index (χ2v) is 11.3. The van der Waals surface area contributed by atoms with Gasteiger partial charge in [0.1, 0.15) is 5.75 Å². The lowest BCUT2D eigenvalue weighted by Crippen LogP contribution is -2.33. The summed E-state index contributed by atoms with van der Waals surface area (Å²) in [6.45, 7) is 2.92. The van der Waals surface area contributed by atoms with Gasteiger partial charge in [0, 0.05) is 34.6 Å². The number of hydrogen-bond donors (Lipinski definition) is 2. The zero-order valence-electron chi connectivity index (χ0n) is 23.9. The Bertz CT molecular complexity index is 1590. The molecular formula is C32H36N6O2S. The number of methoxy groups -OCH3 is 1. The standard InChI is InChI=1S/C32H36N6O2S/c1-22-27(26-12-8-9-13-28(26)33-22)21-30(39)34-29(20-23-10-6-5-7-11-23)31-35-36-32(41-19-18-37(2)3)38(31)24-14-16-25(40-4)17-15-24/h5-17,29,33H,18-21H2,1-4H3,(H,34,39). The topological polar surface area (TPSA) is 88.1 Å². The normalized spacial score (nSPS) is 12.1. The lowest BCUT2D eigenvalue weighted by Gasteiger charge is -2.21. The quantitative estimate of drug-likeness (QED) is 0.197. The van der Waals surface area contributed by atoms with Crippen molar-refractivity contribution < 1.29 is 9.53 Å². The summed E-state index contributed by atoms with van der Waals surface area (Å²) in [5.41, 5.74) is 5.06. The van der Waals surface area contributed by atoms with E-state index in [1.165, 1.54) is 0 Å². The van der Waals surface area contributed by atoms with Gasteiger partial charge in [-0.05, 0) is 68.9 Å². The zero-order valence-corrected chi connectivity index (χ0v) is 24.7. The van der Waals surface area contributed by atoms with Crippen LogP contribution in [0.1, 0.15) is 28.7 Å². The highest BCUT2D eigenvalue weighted by molar-refractivity contribution is 7.99. The van der Waals surface area contributed by atoms with Crippen molar-refractivity contribution in [3.8, 4) is 11.4 Å². The molecule has 2 aromatic heterocycles. The van der Waals surface area contributed by atoms with Gasteiger partial charge in [-0.25, -0.2) is 0 Å². The maximum absolute atomic E-state index is 13.7. The lowest BCUT2D eigenvalue weighted by atomic mass is 10.0. The van der Waals surface area contributed by atoms with E-state index in [2.05, 4.69) is 62.3 Å². The first-order valence-corrected chi connectivity index (χ1v) is 14.7. The highest BCUT2D eigenvalue weighted by Gasteiger charge is 2.26. The van der Waals surface area contributed by atoms with Crippen LogP contribution < -0.4 is 10.1 Å². The predicted octanol–water partition coefficient (Wildman–Crippen LogP) is 5.36. The van der Waals surface area contributed by atoms with Crippen LogP contribution in [0.2, 0.25) is 0 Å². The maximum Gasteiger partial charge on any atom is 0.225 e. The van der Waals surface area contributed by atoms with Gasteiger partial charge < -0.3 is 19.9 Å². The molecule has 41 heavy (non-hydrogen) atoms. The Hall–Kier alpha value is -4.08. The van der Waals surface area contributed by atoms with Crippen LogP contribution in [0.15, 0.2) is 84.0 Å². The van der Waals surface area contributed by atoms with Gasteiger partial charge in [-0.2, -0.15) is 0 Å². The Morgan fingerprint density at radius 2 is 1.76 bits per heavy atom. The molecule has 0 saturated carbocycles. The number of nitrogens with zero attached hydrogens (tertiary/aromatic N) is 4. The van der Waals surface area contributed by atoms with Crippen molar-refractivity contribution in [3.05, 3.63) is 102 Å². The highest BCUT2D eigenvalue weighted by Crippen LogP contribution is 2.29.